The van der Waals surface area contributed by atoms with Gasteiger partial charge in [-0.3, -0.25) is 0 Å². The minimum absolute atomic E-state index is 0.648. The second kappa shape index (κ2) is 12.4. The Morgan fingerprint density at radius 1 is 0.750 bits per heavy atom. The van der Waals surface area contributed by atoms with E-state index in [1.54, 1.807) is 0 Å². The molecule has 1 saturated heterocycles. The molecule has 3 nitrogen and oxygen atoms in total. The summed E-state index contributed by atoms with van der Waals surface area (Å²) in [6, 6.07) is 18.9. The van der Waals surface area contributed by atoms with E-state index in [1.807, 2.05) is 6.07 Å². The van der Waals surface area contributed by atoms with Crippen molar-refractivity contribution < 1.29 is 9.47 Å². The zero-order valence-corrected chi connectivity index (χ0v) is 19.8. The van der Waals surface area contributed by atoms with Crippen LogP contribution in [0.15, 0.2) is 54.6 Å². The van der Waals surface area contributed by atoms with Gasteiger partial charge < -0.3 is 14.4 Å². The number of nitrogens with zero attached hydrogens (tertiary/aromatic N) is 1. The van der Waals surface area contributed by atoms with Gasteiger partial charge in [0.1, 0.15) is 5.75 Å². The lowest BCUT2D eigenvalue weighted by Crippen LogP contribution is -2.40. The predicted molar refractivity (Wildman–Crippen MR) is 132 cm³/mol. The van der Waals surface area contributed by atoms with Crippen molar-refractivity contribution in [1.29, 1.82) is 0 Å². The standard InChI is InChI=1S/C29H41NO2/c1(3-5-12-22-30-23-13-14-24-30)2-4-6-15-25-31-29(27-17-8-7-9-18-27)21-20-26-16-10-11-19-28(26)32-29/h7-11,16-19H,1-6,12-15,20-25H2. The summed E-state index contributed by atoms with van der Waals surface area (Å²) in [5.41, 5.74) is 2.41. The van der Waals surface area contributed by atoms with Crippen LogP contribution in [-0.4, -0.2) is 31.1 Å². The lowest BCUT2D eigenvalue weighted by atomic mass is 9.94. The Labute approximate surface area is 195 Å². The predicted octanol–water partition coefficient (Wildman–Crippen LogP) is 7.10. The van der Waals surface area contributed by atoms with Crippen LogP contribution in [-0.2, 0) is 16.9 Å². The fourth-order valence-electron chi connectivity index (χ4n) is 5.16. The molecule has 0 saturated carbocycles. The zero-order chi connectivity index (χ0) is 21.9. The molecule has 0 amide bonds. The van der Waals surface area contributed by atoms with Gasteiger partial charge >= 0.3 is 0 Å². The minimum Gasteiger partial charge on any atom is -0.458 e. The molecule has 0 radical (unpaired) electrons. The summed E-state index contributed by atoms with van der Waals surface area (Å²) in [7, 11) is 0. The van der Waals surface area contributed by atoms with Crippen LogP contribution in [0.3, 0.4) is 0 Å². The monoisotopic (exact) mass is 435 g/mol. The molecule has 0 aromatic heterocycles. The van der Waals surface area contributed by atoms with Crippen molar-refractivity contribution in [2.24, 2.45) is 0 Å². The average Bonchev–Trinajstić information content (AvgIpc) is 3.36. The molecule has 2 aliphatic heterocycles. The van der Waals surface area contributed by atoms with Crippen molar-refractivity contribution in [3.05, 3.63) is 65.7 Å². The lowest BCUT2D eigenvalue weighted by molar-refractivity contribution is -0.203. The second-order valence-electron chi connectivity index (χ2n) is 9.55. The van der Waals surface area contributed by atoms with Gasteiger partial charge in [0.05, 0.1) is 6.61 Å². The maximum Gasteiger partial charge on any atom is 0.237 e. The number of hydrogen-bond donors (Lipinski definition) is 0. The number of unbranched alkanes of at least 4 members (excludes halogenated alkanes) is 7. The maximum absolute atomic E-state index is 6.50. The number of hydrogen-bond acceptors (Lipinski definition) is 3. The third kappa shape index (κ3) is 6.59. The highest BCUT2D eigenvalue weighted by Gasteiger charge is 2.39. The number of fused-ring (bicyclic) bond motifs is 1. The highest BCUT2D eigenvalue weighted by molar-refractivity contribution is 5.37. The molecule has 0 bridgehead atoms. The number of aryl methyl sites for hydroxylation is 1. The summed E-state index contributed by atoms with van der Waals surface area (Å²) in [5, 5.41) is 0. The zero-order valence-electron chi connectivity index (χ0n) is 19.8. The summed E-state index contributed by atoms with van der Waals surface area (Å²) in [6.07, 6.45) is 15.3. The minimum atomic E-state index is -0.648. The maximum atomic E-state index is 6.50. The summed E-state index contributed by atoms with van der Waals surface area (Å²) in [4.78, 5) is 2.64. The van der Waals surface area contributed by atoms with Crippen molar-refractivity contribution in [3.8, 4) is 5.75 Å². The van der Waals surface area contributed by atoms with E-state index in [1.165, 1.54) is 83.0 Å². The first kappa shape index (κ1) is 23.3. The normalized spacial score (nSPS) is 20.8. The molecule has 4 rings (SSSR count). The van der Waals surface area contributed by atoms with Gasteiger partial charge in [0, 0.05) is 12.0 Å². The Kier molecular flexibility index (Phi) is 9.05. The van der Waals surface area contributed by atoms with Crippen molar-refractivity contribution in [3.63, 3.8) is 0 Å². The summed E-state index contributed by atoms with van der Waals surface area (Å²) in [5.74, 6) is 0.317. The van der Waals surface area contributed by atoms with Gasteiger partial charge in [-0.2, -0.15) is 0 Å². The quantitative estimate of drug-likeness (QED) is 0.313. The molecular formula is C29H41NO2. The third-order valence-electron chi connectivity index (χ3n) is 7.09. The van der Waals surface area contributed by atoms with E-state index >= 15 is 0 Å². The Hall–Kier alpha value is -1.84. The van der Waals surface area contributed by atoms with Crippen LogP contribution in [0.2, 0.25) is 0 Å². The topological polar surface area (TPSA) is 21.7 Å². The highest BCUT2D eigenvalue weighted by atomic mass is 16.7. The van der Waals surface area contributed by atoms with Gasteiger partial charge in [0.25, 0.3) is 0 Å². The molecule has 2 heterocycles. The Balaban J connectivity index is 1.13. The van der Waals surface area contributed by atoms with Crippen LogP contribution < -0.4 is 4.74 Å². The van der Waals surface area contributed by atoms with E-state index in [0.29, 0.717) is 0 Å². The summed E-state index contributed by atoms with van der Waals surface area (Å²) in [6.45, 7) is 4.76. The van der Waals surface area contributed by atoms with E-state index in [9.17, 15) is 0 Å². The lowest BCUT2D eigenvalue weighted by Gasteiger charge is -2.38. The summed E-state index contributed by atoms with van der Waals surface area (Å²) < 4.78 is 13.0. The molecule has 1 unspecified atom stereocenters. The van der Waals surface area contributed by atoms with Crippen molar-refractivity contribution >= 4 is 0 Å². The van der Waals surface area contributed by atoms with Gasteiger partial charge in [-0.05, 0) is 63.4 Å². The van der Waals surface area contributed by atoms with Crippen molar-refractivity contribution in [1.82, 2.24) is 4.90 Å². The molecule has 174 valence electrons. The molecule has 2 aromatic rings. The van der Waals surface area contributed by atoms with E-state index < -0.39 is 5.79 Å². The fourth-order valence-corrected chi connectivity index (χ4v) is 5.16. The number of likely N-dealkylation sites (tertiary alicyclic amines) is 1. The first-order valence-corrected chi connectivity index (χ1v) is 13.0. The second-order valence-corrected chi connectivity index (χ2v) is 9.55. The highest BCUT2D eigenvalue weighted by Crippen LogP contribution is 2.40. The van der Waals surface area contributed by atoms with E-state index in [4.69, 9.17) is 9.47 Å². The van der Waals surface area contributed by atoms with Crippen LogP contribution >= 0.6 is 0 Å². The molecule has 3 heteroatoms. The van der Waals surface area contributed by atoms with Crippen LogP contribution in [0.4, 0.5) is 0 Å². The van der Waals surface area contributed by atoms with Gasteiger partial charge in [0.15, 0.2) is 0 Å². The van der Waals surface area contributed by atoms with Gasteiger partial charge in [-0.15, -0.1) is 0 Å². The number of para-hydroxylation sites is 1. The first-order chi connectivity index (χ1) is 15.9. The Morgan fingerprint density at radius 3 is 2.19 bits per heavy atom. The Bertz CT molecular complexity index is 787. The van der Waals surface area contributed by atoms with E-state index in [0.717, 1.165) is 37.2 Å². The summed E-state index contributed by atoms with van der Waals surface area (Å²) >= 11 is 0. The van der Waals surface area contributed by atoms with E-state index in [-0.39, 0.29) is 0 Å². The largest absolute Gasteiger partial charge is 0.458 e. The Morgan fingerprint density at radius 2 is 1.41 bits per heavy atom. The number of benzene rings is 2. The SMILES string of the molecule is c1ccc(C2(OCCCCCCCCCCN3CCCC3)CCc3ccccc3O2)cc1. The smallest absolute Gasteiger partial charge is 0.237 e. The molecule has 0 spiro atoms. The van der Waals surface area contributed by atoms with Gasteiger partial charge in [-0.25, -0.2) is 0 Å². The van der Waals surface area contributed by atoms with Crippen LogP contribution in [0.25, 0.3) is 0 Å². The molecule has 2 aromatic carbocycles. The molecule has 0 aliphatic carbocycles. The van der Waals surface area contributed by atoms with Gasteiger partial charge in [0.2, 0.25) is 5.79 Å². The fraction of sp³-hybridized carbons (Fsp3) is 0.586. The third-order valence-corrected chi connectivity index (χ3v) is 7.09. The van der Waals surface area contributed by atoms with Gasteiger partial charge in [-0.1, -0.05) is 87.1 Å². The van der Waals surface area contributed by atoms with Crippen molar-refractivity contribution in [2.45, 2.75) is 82.8 Å². The first-order valence-electron chi connectivity index (χ1n) is 13.0. The van der Waals surface area contributed by atoms with E-state index in [2.05, 4.69) is 53.4 Å². The van der Waals surface area contributed by atoms with Crippen LogP contribution in [0, 0.1) is 0 Å². The molecule has 32 heavy (non-hydrogen) atoms. The number of rotatable bonds is 13. The van der Waals surface area contributed by atoms with Crippen molar-refractivity contribution in [2.75, 3.05) is 26.2 Å². The van der Waals surface area contributed by atoms with Crippen LogP contribution in [0.1, 0.15) is 81.8 Å². The molecule has 1 atom stereocenters. The molecule has 1 fully saturated rings. The molecular weight excluding hydrogens is 394 g/mol. The van der Waals surface area contributed by atoms with Crippen LogP contribution in [0.5, 0.6) is 5.75 Å². The average molecular weight is 436 g/mol. The molecule has 0 N–H and O–H groups in total. The molecule has 2 aliphatic rings. The number of ether oxygens (including phenoxy) is 2.